The lowest BCUT2D eigenvalue weighted by atomic mass is 10.1. The Balaban J connectivity index is 1.61. The van der Waals surface area contributed by atoms with E-state index < -0.39 is 15.9 Å². The average molecular weight is 450 g/mol. The van der Waals surface area contributed by atoms with Gasteiger partial charge in [0.05, 0.1) is 11.4 Å². The second kappa shape index (κ2) is 9.04. The van der Waals surface area contributed by atoms with Crippen molar-refractivity contribution in [1.82, 2.24) is 9.29 Å². The molecule has 0 radical (unpaired) electrons. The number of likely N-dealkylation sites (N-methyl/N-ethyl adjacent to an activating group) is 1. The van der Waals surface area contributed by atoms with E-state index >= 15 is 0 Å². The van der Waals surface area contributed by atoms with Gasteiger partial charge in [-0.25, -0.2) is 13.4 Å². The van der Waals surface area contributed by atoms with Crippen LogP contribution in [0.5, 0.6) is 0 Å². The lowest BCUT2D eigenvalue weighted by Gasteiger charge is -2.16. The van der Waals surface area contributed by atoms with Crippen molar-refractivity contribution in [3.05, 3.63) is 75.8 Å². The molecule has 0 aliphatic rings. The van der Waals surface area contributed by atoms with Gasteiger partial charge in [-0.05, 0) is 30.7 Å². The van der Waals surface area contributed by atoms with Crippen LogP contribution in [0, 0.1) is 6.92 Å². The Morgan fingerprint density at radius 3 is 2.55 bits per heavy atom. The van der Waals surface area contributed by atoms with Gasteiger partial charge in [-0.15, -0.1) is 11.3 Å². The normalized spacial score (nSPS) is 11.6. The predicted octanol–water partition coefficient (Wildman–Crippen LogP) is 3.95. The number of nitrogens with one attached hydrogen (secondary N) is 1. The monoisotopic (exact) mass is 449 g/mol. The standard InChI is InChI=1S/C20H20ClN3O3S2/c1-14-7-9-17(10-8-14)29(26,27)24(2)13-19(25)23-20-22-12-16(28-20)11-15-5-3-4-6-18(15)21/h3-10,12H,11,13H2,1-2H3,(H,22,23,25). The molecule has 0 atom stereocenters. The Morgan fingerprint density at radius 2 is 1.86 bits per heavy atom. The lowest BCUT2D eigenvalue weighted by Crippen LogP contribution is -2.34. The summed E-state index contributed by atoms with van der Waals surface area (Å²) in [5.41, 5.74) is 1.93. The number of rotatable bonds is 7. The van der Waals surface area contributed by atoms with E-state index in [1.54, 1.807) is 18.3 Å². The van der Waals surface area contributed by atoms with Crippen LogP contribution >= 0.6 is 22.9 Å². The largest absolute Gasteiger partial charge is 0.301 e. The molecule has 1 heterocycles. The van der Waals surface area contributed by atoms with E-state index in [1.165, 1.54) is 30.5 Å². The zero-order valence-electron chi connectivity index (χ0n) is 15.9. The smallest absolute Gasteiger partial charge is 0.243 e. The Hall–Kier alpha value is -2.26. The number of thiazole rings is 1. The fourth-order valence-corrected chi connectivity index (χ4v) is 4.79. The first-order valence-corrected chi connectivity index (χ1v) is 11.4. The summed E-state index contributed by atoms with van der Waals surface area (Å²) < 4.78 is 26.2. The van der Waals surface area contributed by atoms with Crippen molar-refractivity contribution < 1.29 is 13.2 Å². The molecule has 0 aliphatic carbocycles. The van der Waals surface area contributed by atoms with Crippen molar-refractivity contribution in [1.29, 1.82) is 0 Å². The maximum atomic E-state index is 12.6. The van der Waals surface area contributed by atoms with Gasteiger partial charge in [-0.1, -0.05) is 47.5 Å². The molecular weight excluding hydrogens is 430 g/mol. The van der Waals surface area contributed by atoms with Crippen LogP contribution in [0.4, 0.5) is 5.13 Å². The molecule has 2 aromatic carbocycles. The van der Waals surface area contributed by atoms with E-state index in [-0.39, 0.29) is 11.4 Å². The van der Waals surface area contributed by atoms with Gasteiger partial charge in [-0.2, -0.15) is 4.31 Å². The number of hydrogen-bond donors (Lipinski definition) is 1. The number of sulfonamides is 1. The second-order valence-electron chi connectivity index (χ2n) is 6.52. The van der Waals surface area contributed by atoms with Crippen molar-refractivity contribution in [2.24, 2.45) is 0 Å². The van der Waals surface area contributed by atoms with Gasteiger partial charge in [0.25, 0.3) is 0 Å². The van der Waals surface area contributed by atoms with Crippen molar-refractivity contribution >= 4 is 44.0 Å². The van der Waals surface area contributed by atoms with Crippen LogP contribution in [0.15, 0.2) is 59.6 Å². The van der Waals surface area contributed by atoms with Crippen LogP contribution < -0.4 is 5.32 Å². The summed E-state index contributed by atoms with van der Waals surface area (Å²) in [6.07, 6.45) is 2.28. The molecule has 29 heavy (non-hydrogen) atoms. The Morgan fingerprint density at radius 1 is 1.17 bits per heavy atom. The Labute approximate surface area is 179 Å². The summed E-state index contributed by atoms with van der Waals surface area (Å²) >= 11 is 7.50. The average Bonchev–Trinajstić information content (AvgIpc) is 3.10. The Bertz CT molecular complexity index is 1110. The molecule has 3 rings (SSSR count). The summed E-state index contributed by atoms with van der Waals surface area (Å²) in [7, 11) is -2.37. The van der Waals surface area contributed by atoms with Crippen molar-refractivity contribution in [3.8, 4) is 0 Å². The van der Waals surface area contributed by atoms with E-state index in [0.29, 0.717) is 16.6 Å². The van der Waals surface area contributed by atoms with Crippen LogP contribution in [0.25, 0.3) is 0 Å². The molecule has 3 aromatic rings. The summed E-state index contributed by atoms with van der Waals surface area (Å²) in [5.74, 6) is -0.457. The third-order valence-corrected chi connectivity index (χ3v) is 7.32. The molecule has 6 nitrogen and oxygen atoms in total. The molecule has 0 aliphatic heterocycles. The number of aromatic nitrogens is 1. The van der Waals surface area contributed by atoms with Gasteiger partial charge >= 0.3 is 0 Å². The number of aryl methyl sites for hydroxylation is 1. The predicted molar refractivity (Wildman–Crippen MR) is 116 cm³/mol. The number of amides is 1. The zero-order chi connectivity index (χ0) is 21.0. The van der Waals surface area contributed by atoms with Gasteiger partial charge < -0.3 is 5.32 Å². The highest BCUT2D eigenvalue weighted by molar-refractivity contribution is 7.89. The minimum atomic E-state index is -3.74. The highest BCUT2D eigenvalue weighted by atomic mass is 35.5. The molecule has 1 amide bonds. The van der Waals surface area contributed by atoms with Gasteiger partial charge in [0, 0.05) is 29.6 Å². The molecule has 0 saturated carbocycles. The van der Waals surface area contributed by atoms with E-state index in [2.05, 4.69) is 10.3 Å². The molecule has 1 N–H and O–H groups in total. The highest BCUT2D eigenvalue weighted by Crippen LogP contribution is 2.24. The van der Waals surface area contributed by atoms with Crippen LogP contribution in [-0.2, 0) is 21.2 Å². The van der Waals surface area contributed by atoms with E-state index in [4.69, 9.17) is 11.6 Å². The highest BCUT2D eigenvalue weighted by Gasteiger charge is 2.23. The first-order valence-electron chi connectivity index (χ1n) is 8.76. The first-order chi connectivity index (χ1) is 13.8. The quantitative estimate of drug-likeness (QED) is 0.592. The third kappa shape index (κ3) is 5.42. The molecule has 9 heteroatoms. The summed E-state index contributed by atoms with van der Waals surface area (Å²) in [6, 6.07) is 14.0. The molecule has 0 spiro atoms. The fourth-order valence-electron chi connectivity index (χ4n) is 2.61. The van der Waals surface area contributed by atoms with E-state index in [1.807, 2.05) is 31.2 Å². The maximum absolute atomic E-state index is 12.6. The van der Waals surface area contributed by atoms with E-state index in [0.717, 1.165) is 20.3 Å². The number of anilines is 1. The number of carbonyl (C=O) groups excluding carboxylic acids is 1. The molecule has 0 fully saturated rings. The van der Waals surface area contributed by atoms with Gasteiger partial charge in [-0.3, -0.25) is 4.79 Å². The molecule has 0 saturated heterocycles. The summed E-state index contributed by atoms with van der Waals surface area (Å²) in [5, 5.41) is 3.75. The number of nitrogens with zero attached hydrogens (tertiary/aromatic N) is 2. The number of carbonyl (C=O) groups is 1. The second-order valence-corrected chi connectivity index (χ2v) is 10.1. The van der Waals surface area contributed by atoms with Crippen molar-refractivity contribution in [2.45, 2.75) is 18.2 Å². The van der Waals surface area contributed by atoms with Gasteiger partial charge in [0.15, 0.2) is 5.13 Å². The molecular formula is C20H20ClN3O3S2. The maximum Gasteiger partial charge on any atom is 0.243 e. The van der Waals surface area contributed by atoms with Crippen molar-refractivity contribution in [2.75, 3.05) is 18.9 Å². The fraction of sp³-hybridized carbons (Fsp3) is 0.200. The number of benzene rings is 2. The van der Waals surface area contributed by atoms with Gasteiger partial charge in [0.1, 0.15) is 0 Å². The molecule has 1 aromatic heterocycles. The topological polar surface area (TPSA) is 79.4 Å². The lowest BCUT2D eigenvalue weighted by molar-refractivity contribution is -0.116. The first kappa shape index (κ1) is 21.4. The van der Waals surface area contributed by atoms with Crippen LogP contribution in [0.1, 0.15) is 16.0 Å². The van der Waals surface area contributed by atoms with Gasteiger partial charge in [0.2, 0.25) is 15.9 Å². The Kier molecular flexibility index (Phi) is 6.69. The van der Waals surface area contributed by atoms with Crippen LogP contribution in [0.2, 0.25) is 5.02 Å². The zero-order valence-corrected chi connectivity index (χ0v) is 18.3. The van der Waals surface area contributed by atoms with E-state index in [9.17, 15) is 13.2 Å². The number of halogens is 1. The molecule has 0 bridgehead atoms. The van der Waals surface area contributed by atoms with Crippen molar-refractivity contribution in [3.63, 3.8) is 0 Å². The number of hydrogen-bond acceptors (Lipinski definition) is 5. The molecule has 152 valence electrons. The SMILES string of the molecule is Cc1ccc(S(=O)(=O)N(C)CC(=O)Nc2ncc(Cc3ccccc3Cl)s2)cc1. The summed E-state index contributed by atoms with van der Waals surface area (Å²) in [4.78, 5) is 17.6. The van der Waals surface area contributed by atoms with Crippen LogP contribution in [0.3, 0.4) is 0 Å². The minimum absolute atomic E-state index is 0.148. The summed E-state index contributed by atoms with van der Waals surface area (Å²) in [6.45, 7) is 1.57. The molecule has 0 unspecified atom stereocenters. The van der Waals surface area contributed by atoms with Crippen LogP contribution in [-0.4, -0.2) is 37.2 Å². The minimum Gasteiger partial charge on any atom is -0.301 e. The third-order valence-electron chi connectivity index (χ3n) is 4.22.